The van der Waals surface area contributed by atoms with Crippen LogP contribution in [0.25, 0.3) is 0 Å². The Kier molecular flexibility index (Phi) is 11.7. The van der Waals surface area contributed by atoms with Crippen LogP contribution < -0.4 is 5.32 Å². The lowest BCUT2D eigenvalue weighted by Crippen LogP contribution is -2.41. The third-order valence-electron chi connectivity index (χ3n) is 4.32. The van der Waals surface area contributed by atoms with E-state index < -0.39 is 0 Å². The second-order valence-corrected chi connectivity index (χ2v) is 6.85. The fourth-order valence-corrected chi connectivity index (χ4v) is 2.62. The average Bonchev–Trinajstić information content (AvgIpc) is 2.38. The van der Waals surface area contributed by atoms with Crippen LogP contribution in [0.2, 0.25) is 0 Å². The maximum absolute atomic E-state index is 3.81. The van der Waals surface area contributed by atoms with E-state index in [1.54, 1.807) is 0 Å². The first-order valence-electron chi connectivity index (χ1n) is 8.80. The van der Waals surface area contributed by atoms with Crippen molar-refractivity contribution in [3.8, 4) is 0 Å². The standard InChI is InChI=1S/C18H39N/c1-6-9-11-12-13-15-18(4,5)19-16-17(8-3)14-10-7-2/h17,19H,6-16H2,1-5H3. The summed E-state index contributed by atoms with van der Waals surface area (Å²) in [6, 6.07) is 0. The van der Waals surface area contributed by atoms with E-state index in [0.717, 1.165) is 5.92 Å². The SMILES string of the molecule is CCCCCCCC(C)(C)NCC(CC)CCCC. The number of hydrogen-bond donors (Lipinski definition) is 1. The fourth-order valence-electron chi connectivity index (χ4n) is 2.62. The van der Waals surface area contributed by atoms with Crippen molar-refractivity contribution in [3.63, 3.8) is 0 Å². The smallest absolute Gasteiger partial charge is 0.0125 e. The number of unbranched alkanes of at least 4 members (excludes halogenated alkanes) is 5. The van der Waals surface area contributed by atoms with Crippen LogP contribution in [0, 0.1) is 5.92 Å². The first-order valence-corrected chi connectivity index (χ1v) is 8.80. The van der Waals surface area contributed by atoms with Crippen molar-refractivity contribution in [3.05, 3.63) is 0 Å². The van der Waals surface area contributed by atoms with Crippen molar-refractivity contribution in [1.29, 1.82) is 0 Å². The van der Waals surface area contributed by atoms with Gasteiger partial charge in [-0.05, 0) is 39.2 Å². The van der Waals surface area contributed by atoms with Gasteiger partial charge in [0, 0.05) is 5.54 Å². The van der Waals surface area contributed by atoms with Crippen molar-refractivity contribution in [2.45, 2.75) is 104 Å². The highest BCUT2D eigenvalue weighted by atomic mass is 15.0. The first-order chi connectivity index (χ1) is 9.05. The maximum atomic E-state index is 3.81. The Bertz CT molecular complexity index is 186. The van der Waals surface area contributed by atoms with Gasteiger partial charge in [-0.1, -0.05) is 72.1 Å². The average molecular weight is 270 g/mol. The van der Waals surface area contributed by atoms with Gasteiger partial charge in [0.05, 0.1) is 0 Å². The number of nitrogens with one attached hydrogen (secondary N) is 1. The minimum Gasteiger partial charge on any atom is -0.312 e. The lowest BCUT2D eigenvalue weighted by atomic mass is 9.93. The van der Waals surface area contributed by atoms with Gasteiger partial charge in [0.15, 0.2) is 0 Å². The van der Waals surface area contributed by atoms with Gasteiger partial charge in [-0.25, -0.2) is 0 Å². The molecule has 1 heteroatoms. The summed E-state index contributed by atoms with van der Waals surface area (Å²) in [4.78, 5) is 0. The monoisotopic (exact) mass is 269 g/mol. The summed E-state index contributed by atoms with van der Waals surface area (Å²) in [6.07, 6.45) is 13.7. The van der Waals surface area contributed by atoms with Gasteiger partial charge in [-0.3, -0.25) is 0 Å². The Morgan fingerprint density at radius 1 is 0.842 bits per heavy atom. The van der Waals surface area contributed by atoms with Crippen LogP contribution in [-0.2, 0) is 0 Å². The molecule has 0 aromatic carbocycles. The molecule has 0 heterocycles. The van der Waals surface area contributed by atoms with Crippen LogP contribution in [0.4, 0.5) is 0 Å². The Morgan fingerprint density at radius 2 is 1.47 bits per heavy atom. The molecule has 1 unspecified atom stereocenters. The zero-order valence-electron chi connectivity index (χ0n) is 14.4. The van der Waals surface area contributed by atoms with E-state index >= 15 is 0 Å². The highest BCUT2D eigenvalue weighted by molar-refractivity contribution is 4.78. The Hall–Kier alpha value is -0.0400. The fraction of sp³-hybridized carbons (Fsp3) is 1.00. The normalized spacial score (nSPS) is 13.7. The second kappa shape index (κ2) is 11.8. The maximum Gasteiger partial charge on any atom is 0.0125 e. The Morgan fingerprint density at radius 3 is 2.05 bits per heavy atom. The third-order valence-corrected chi connectivity index (χ3v) is 4.32. The molecule has 0 spiro atoms. The van der Waals surface area contributed by atoms with Gasteiger partial charge in [-0.15, -0.1) is 0 Å². The van der Waals surface area contributed by atoms with Crippen molar-refractivity contribution in [2.24, 2.45) is 5.92 Å². The molecule has 0 fully saturated rings. The first kappa shape index (κ1) is 19.0. The summed E-state index contributed by atoms with van der Waals surface area (Å²) in [6.45, 7) is 12.9. The van der Waals surface area contributed by atoms with E-state index in [1.165, 1.54) is 70.8 Å². The van der Waals surface area contributed by atoms with Crippen LogP contribution in [0.3, 0.4) is 0 Å². The molecule has 0 aliphatic carbocycles. The van der Waals surface area contributed by atoms with E-state index in [-0.39, 0.29) is 0 Å². The lowest BCUT2D eigenvalue weighted by molar-refractivity contribution is 0.305. The topological polar surface area (TPSA) is 12.0 Å². The van der Waals surface area contributed by atoms with Gasteiger partial charge < -0.3 is 5.32 Å². The van der Waals surface area contributed by atoms with Gasteiger partial charge >= 0.3 is 0 Å². The molecule has 0 aliphatic heterocycles. The molecule has 116 valence electrons. The van der Waals surface area contributed by atoms with E-state index in [4.69, 9.17) is 0 Å². The lowest BCUT2D eigenvalue weighted by Gasteiger charge is -2.29. The van der Waals surface area contributed by atoms with E-state index in [2.05, 4.69) is 39.9 Å². The second-order valence-electron chi connectivity index (χ2n) is 6.85. The Labute approximate surface area is 122 Å². The predicted octanol–water partition coefficient (Wildman–Crippen LogP) is 5.93. The van der Waals surface area contributed by atoms with Crippen LogP contribution in [0.15, 0.2) is 0 Å². The summed E-state index contributed by atoms with van der Waals surface area (Å²) in [5.41, 5.74) is 0.325. The molecule has 1 N–H and O–H groups in total. The molecule has 1 atom stereocenters. The van der Waals surface area contributed by atoms with Gasteiger partial charge in [-0.2, -0.15) is 0 Å². The molecule has 0 rings (SSSR count). The van der Waals surface area contributed by atoms with Crippen molar-refractivity contribution < 1.29 is 0 Å². The predicted molar refractivity (Wildman–Crippen MR) is 88.8 cm³/mol. The number of hydrogen-bond acceptors (Lipinski definition) is 1. The van der Waals surface area contributed by atoms with Crippen molar-refractivity contribution in [2.75, 3.05) is 6.54 Å². The summed E-state index contributed by atoms with van der Waals surface area (Å²) in [5.74, 6) is 0.874. The minimum atomic E-state index is 0.325. The zero-order valence-corrected chi connectivity index (χ0v) is 14.4. The molecule has 0 bridgehead atoms. The van der Waals surface area contributed by atoms with Gasteiger partial charge in [0.2, 0.25) is 0 Å². The molecule has 0 saturated carbocycles. The van der Waals surface area contributed by atoms with Crippen LogP contribution >= 0.6 is 0 Å². The molecular formula is C18H39N. The zero-order chi connectivity index (χ0) is 14.6. The quantitative estimate of drug-likeness (QED) is 0.408. The van der Waals surface area contributed by atoms with Crippen molar-refractivity contribution >= 4 is 0 Å². The summed E-state index contributed by atoms with van der Waals surface area (Å²) in [7, 11) is 0. The molecule has 19 heavy (non-hydrogen) atoms. The molecule has 0 aromatic heterocycles. The molecule has 1 nitrogen and oxygen atoms in total. The third kappa shape index (κ3) is 11.5. The van der Waals surface area contributed by atoms with Gasteiger partial charge in [0.25, 0.3) is 0 Å². The Balaban J connectivity index is 3.74. The van der Waals surface area contributed by atoms with Gasteiger partial charge in [0.1, 0.15) is 0 Å². The minimum absolute atomic E-state index is 0.325. The van der Waals surface area contributed by atoms with E-state index in [1.807, 2.05) is 0 Å². The van der Waals surface area contributed by atoms with Crippen LogP contribution in [-0.4, -0.2) is 12.1 Å². The van der Waals surface area contributed by atoms with E-state index in [0.29, 0.717) is 5.54 Å². The highest BCUT2D eigenvalue weighted by Crippen LogP contribution is 2.17. The molecule has 0 aliphatic rings. The molecular weight excluding hydrogens is 230 g/mol. The molecule has 0 saturated heterocycles. The van der Waals surface area contributed by atoms with E-state index in [9.17, 15) is 0 Å². The molecule has 0 amide bonds. The summed E-state index contributed by atoms with van der Waals surface area (Å²) in [5, 5.41) is 3.81. The largest absolute Gasteiger partial charge is 0.312 e. The van der Waals surface area contributed by atoms with Crippen molar-refractivity contribution in [1.82, 2.24) is 5.32 Å². The summed E-state index contributed by atoms with van der Waals surface area (Å²) < 4.78 is 0. The molecule has 0 radical (unpaired) electrons. The summed E-state index contributed by atoms with van der Waals surface area (Å²) >= 11 is 0. The van der Waals surface area contributed by atoms with Crippen LogP contribution in [0.1, 0.15) is 98.8 Å². The highest BCUT2D eigenvalue weighted by Gasteiger charge is 2.18. The van der Waals surface area contributed by atoms with Crippen LogP contribution in [0.5, 0.6) is 0 Å². The molecule has 0 aromatic rings. The number of rotatable bonds is 13.